The standard InChI is InChI=1S/C11H14ClN3/c1-6(2)9-5-10-13-8(4)7(3)11(12)15(10)14-9/h5-6H,1-4H3. The summed E-state index contributed by atoms with van der Waals surface area (Å²) in [5.74, 6) is 0.392. The van der Waals surface area contributed by atoms with Gasteiger partial charge in [-0.3, -0.25) is 0 Å². The highest BCUT2D eigenvalue weighted by Gasteiger charge is 2.11. The first-order chi connectivity index (χ1) is 7.00. The third-order valence-corrected chi connectivity index (χ3v) is 3.06. The van der Waals surface area contributed by atoms with Crippen molar-refractivity contribution in [1.29, 1.82) is 0 Å². The van der Waals surface area contributed by atoms with Crippen LogP contribution in [0.5, 0.6) is 0 Å². The summed E-state index contributed by atoms with van der Waals surface area (Å²) >= 11 is 6.21. The summed E-state index contributed by atoms with van der Waals surface area (Å²) in [7, 11) is 0. The van der Waals surface area contributed by atoms with Gasteiger partial charge in [-0.25, -0.2) is 9.50 Å². The Labute approximate surface area is 94.1 Å². The quantitative estimate of drug-likeness (QED) is 0.696. The van der Waals surface area contributed by atoms with E-state index in [1.165, 1.54) is 0 Å². The number of nitrogens with zero attached hydrogens (tertiary/aromatic N) is 3. The van der Waals surface area contributed by atoms with Crippen molar-refractivity contribution < 1.29 is 0 Å². The lowest BCUT2D eigenvalue weighted by atomic mass is 10.1. The average Bonchev–Trinajstić information content (AvgIpc) is 2.58. The van der Waals surface area contributed by atoms with Crippen molar-refractivity contribution in [2.75, 3.05) is 0 Å². The van der Waals surface area contributed by atoms with Gasteiger partial charge in [0.2, 0.25) is 0 Å². The van der Waals surface area contributed by atoms with E-state index in [1.54, 1.807) is 4.52 Å². The summed E-state index contributed by atoms with van der Waals surface area (Å²) in [4.78, 5) is 4.46. The summed E-state index contributed by atoms with van der Waals surface area (Å²) in [5, 5.41) is 5.09. The highest BCUT2D eigenvalue weighted by Crippen LogP contribution is 2.21. The zero-order valence-electron chi connectivity index (χ0n) is 9.37. The number of aryl methyl sites for hydroxylation is 1. The summed E-state index contributed by atoms with van der Waals surface area (Å²) in [6.07, 6.45) is 0. The van der Waals surface area contributed by atoms with Crippen LogP contribution in [0.4, 0.5) is 0 Å². The van der Waals surface area contributed by atoms with Gasteiger partial charge in [0, 0.05) is 17.3 Å². The average molecular weight is 224 g/mol. The Morgan fingerprint density at radius 3 is 2.60 bits per heavy atom. The van der Waals surface area contributed by atoms with Crippen molar-refractivity contribution in [3.05, 3.63) is 28.2 Å². The molecule has 0 saturated heterocycles. The fourth-order valence-electron chi connectivity index (χ4n) is 1.46. The van der Waals surface area contributed by atoms with E-state index < -0.39 is 0 Å². The molecule has 2 aromatic heterocycles. The van der Waals surface area contributed by atoms with Crippen LogP contribution >= 0.6 is 11.6 Å². The van der Waals surface area contributed by atoms with Gasteiger partial charge in [0.1, 0.15) is 5.15 Å². The molecule has 2 heterocycles. The second kappa shape index (κ2) is 3.49. The van der Waals surface area contributed by atoms with Crippen LogP contribution in [0, 0.1) is 13.8 Å². The summed E-state index contributed by atoms with van der Waals surface area (Å²) < 4.78 is 1.71. The molecule has 0 saturated carbocycles. The highest BCUT2D eigenvalue weighted by atomic mass is 35.5. The van der Waals surface area contributed by atoms with E-state index in [9.17, 15) is 0 Å². The highest BCUT2D eigenvalue weighted by molar-refractivity contribution is 6.30. The van der Waals surface area contributed by atoms with Gasteiger partial charge in [-0.05, 0) is 19.8 Å². The maximum Gasteiger partial charge on any atom is 0.157 e. The summed E-state index contributed by atoms with van der Waals surface area (Å²) in [6, 6.07) is 1.99. The van der Waals surface area contributed by atoms with E-state index in [4.69, 9.17) is 11.6 Å². The predicted molar refractivity (Wildman–Crippen MR) is 61.6 cm³/mol. The van der Waals surface area contributed by atoms with E-state index in [1.807, 2.05) is 19.9 Å². The first-order valence-electron chi connectivity index (χ1n) is 5.03. The van der Waals surface area contributed by atoms with Crippen LogP contribution in [0.15, 0.2) is 6.07 Å². The number of fused-ring (bicyclic) bond motifs is 1. The van der Waals surface area contributed by atoms with E-state index in [2.05, 4.69) is 23.9 Å². The molecule has 0 bridgehead atoms. The minimum absolute atomic E-state index is 0.392. The second-order valence-electron chi connectivity index (χ2n) is 4.11. The van der Waals surface area contributed by atoms with Crippen molar-refractivity contribution in [3.8, 4) is 0 Å². The van der Waals surface area contributed by atoms with Crippen LogP contribution < -0.4 is 0 Å². The van der Waals surface area contributed by atoms with Crippen LogP contribution in [0.3, 0.4) is 0 Å². The molecule has 4 heteroatoms. The largest absolute Gasteiger partial charge is 0.233 e. The molecule has 0 N–H and O–H groups in total. The smallest absolute Gasteiger partial charge is 0.157 e. The Hall–Kier alpha value is -1.09. The first kappa shape index (κ1) is 10.4. The molecule has 15 heavy (non-hydrogen) atoms. The van der Waals surface area contributed by atoms with Crippen molar-refractivity contribution in [2.24, 2.45) is 0 Å². The molecule has 0 aliphatic carbocycles. The van der Waals surface area contributed by atoms with E-state index >= 15 is 0 Å². The molecule has 2 aromatic rings. The Balaban J connectivity index is 2.76. The monoisotopic (exact) mass is 223 g/mol. The normalized spacial score (nSPS) is 11.6. The molecule has 0 fully saturated rings. The summed E-state index contributed by atoms with van der Waals surface area (Å²) in [5.41, 5.74) is 3.80. The van der Waals surface area contributed by atoms with Gasteiger partial charge in [0.15, 0.2) is 5.65 Å². The van der Waals surface area contributed by atoms with E-state index in [0.29, 0.717) is 11.1 Å². The number of hydrogen-bond acceptors (Lipinski definition) is 2. The van der Waals surface area contributed by atoms with Gasteiger partial charge in [0.05, 0.1) is 5.69 Å². The Morgan fingerprint density at radius 2 is 2.00 bits per heavy atom. The molecule has 3 nitrogen and oxygen atoms in total. The zero-order valence-corrected chi connectivity index (χ0v) is 10.1. The lowest BCUT2D eigenvalue weighted by molar-refractivity contribution is 0.784. The van der Waals surface area contributed by atoms with Crippen molar-refractivity contribution in [2.45, 2.75) is 33.6 Å². The molecule has 0 aliphatic rings. The number of halogens is 1. The fourth-order valence-corrected chi connectivity index (χ4v) is 1.72. The van der Waals surface area contributed by atoms with E-state index in [-0.39, 0.29) is 0 Å². The van der Waals surface area contributed by atoms with Gasteiger partial charge in [-0.2, -0.15) is 5.10 Å². The topological polar surface area (TPSA) is 30.2 Å². The van der Waals surface area contributed by atoms with Gasteiger partial charge in [-0.15, -0.1) is 0 Å². The fraction of sp³-hybridized carbons (Fsp3) is 0.455. The Morgan fingerprint density at radius 1 is 1.33 bits per heavy atom. The molecular weight excluding hydrogens is 210 g/mol. The van der Waals surface area contributed by atoms with Gasteiger partial charge in [-0.1, -0.05) is 25.4 Å². The van der Waals surface area contributed by atoms with Crippen LogP contribution in [-0.2, 0) is 0 Å². The maximum absolute atomic E-state index is 6.21. The number of aromatic nitrogens is 3. The first-order valence-corrected chi connectivity index (χ1v) is 5.41. The van der Waals surface area contributed by atoms with Crippen molar-refractivity contribution in [1.82, 2.24) is 14.6 Å². The molecule has 80 valence electrons. The Kier molecular flexibility index (Phi) is 2.43. The van der Waals surface area contributed by atoms with Gasteiger partial charge < -0.3 is 0 Å². The second-order valence-corrected chi connectivity index (χ2v) is 4.46. The minimum Gasteiger partial charge on any atom is -0.233 e. The molecule has 0 aromatic carbocycles. The molecule has 0 spiro atoms. The maximum atomic E-state index is 6.21. The Bertz CT molecular complexity index is 514. The lowest BCUT2D eigenvalue weighted by Gasteiger charge is -2.03. The number of hydrogen-bond donors (Lipinski definition) is 0. The molecule has 0 amide bonds. The molecule has 0 aliphatic heterocycles. The molecule has 0 radical (unpaired) electrons. The zero-order chi connectivity index (χ0) is 11.2. The molecule has 0 unspecified atom stereocenters. The van der Waals surface area contributed by atoms with Crippen molar-refractivity contribution >= 4 is 17.2 Å². The third kappa shape index (κ3) is 1.61. The minimum atomic E-state index is 0.392. The molecule has 0 atom stereocenters. The molecule has 2 rings (SSSR count). The van der Waals surface area contributed by atoms with Crippen LogP contribution in [-0.4, -0.2) is 14.6 Å². The lowest BCUT2D eigenvalue weighted by Crippen LogP contribution is -1.99. The van der Waals surface area contributed by atoms with Crippen LogP contribution in [0.1, 0.15) is 36.7 Å². The third-order valence-electron chi connectivity index (χ3n) is 2.62. The van der Waals surface area contributed by atoms with Gasteiger partial charge >= 0.3 is 0 Å². The summed E-state index contributed by atoms with van der Waals surface area (Å²) in [6.45, 7) is 8.13. The van der Waals surface area contributed by atoms with Crippen LogP contribution in [0.2, 0.25) is 5.15 Å². The number of rotatable bonds is 1. The van der Waals surface area contributed by atoms with Crippen LogP contribution in [0.25, 0.3) is 5.65 Å². The van der Waals surface area contributed by atoms with Crippen molar-refractivity contribution in [3.63, 3.8) is 0 Å². The van der Waals surface area contributed by atoms with Gasteiger partial charge in [0.25, 0.3) is 0 Å². The molecular formula is C11H14ClN3. The SMILES string of the molecule is Cc1nc2cc(C(C)C)nn2c(Cl)c1C. The van der Waals surface area contributed by atoms with E-state index in [0.717, 1.165) is 22.6 Å². The predicted octanol–water partition coefficient (Wildman–Crippen LogP) is 3.12.